The zero-order valence-electron chi connectivity index (χ0n) is 10.7. The number of nitrogens with two attached hydrogens (primary N) is 1. The number of hydrogen-bond acceptors (Lipinski definition) is 3. The molecule has 104 valence electrons. The van der Waals surface area contributed by atoms with Crippen LogP contribution in [0.15, 0.2) is 18.2 Å². The number of phenolic OH excluding ortho intramolecular Hbond substituents is 1. The zero-order chi connectivity index (χ0) is 13.8. The maximum absolute atomic E-state index is 11.1. The lowest BCUT2D eigenvalue weighted by molar-refractivity contribution is -0.122. The molecule has 0 saturated heterocycles. The SMILES string of the molecule is NC(=O)C1CCC(NCc2ccc(O)c(Cl)c2)CC1. The lowest BCUT2D eigenvalue weighted by atomic mass is 9.85. The Hall–Kier alpha value is -1.26. The molecule has 2 rings (SSSR count). The van der Waals surface area contributed by atoms with Crippen LogP contribution in [0.1, 0.15) is 31.2 Å². The highest BCUT2D eigenvalue weighted by Crippen LogP contribution is 2.26. The molecule has 4 N–H and O–H groups in total. The predicted octanol–water partition coefficient (Wildman–Crippen LogP) is 2.18. The molecule has 0 spiro atoms. The van der Waals surface area contributed by atoms with E-state index in [4.69, 9.17) is 17.3 Å². The van der Waals surface area contributed by atoms with Gasteiger partial charge in [0.25, 0.3) is 0 Å². The van der Waals surface area contributed by atoms with Crippen molar-refractivity contribution >= 4 is 17.5 Å². The van der Waals surface area contributed by atoms with Crippen molar-refractivity contribution in [2.75, 3.05) is 0 Å². The van der Waals surface area contributed by atoms with E-state index < -0.39 is 0 Å². The molecule has 1 aliphatic carbocycles. The number of carbonyl (C=O) groups is 1. The first-order valence-corrected chi connectivity index (χ1v) is 6.94. The molecule has 19 heavy (non-hydrogen) atoms. The maximum Gasteiger partial charge on any atom is 0.220 e. The van der Waals surface area contributed by atoms with Crippen molar-refractivity contribution < 1.29 is 9.90 Å². The number of benzene rings is 1. The van der Waals surface area contributed by atoms with Gasteiger partial charge >= 0.3 is 0 Å². The molecule has 4 nitrogen and oxygen atoms in total. The Morgan fingerprint density at radius 2 is 2.05 bits per heavy atom. The molecular weight excluding hydrogens is 264 g/mol. The van der Waals surface area contributed by atoms with E-state index in [-0.39, 0.29) is 17.6 Å². The molecule has 1 aliphatic rings. The first kappa shape index (κ1) is 14.2. The van der Waals surface area contributed by atoms with Crippen molar-refractivity contribution in [1.29, 1.82) is 0 Å². The molecule has 1 fully saturated rings. The van der Waals surface area contributed by atoms with E-state index >= 15 is 0 Å². The standard InChI is InChI=1S/C14H19ClN2O2/c15-12-7-9(1-6-13(12)18)8-17-11-4-2-10(3-5-11)14(16)19/h1,6-7,10-11,17-18H,2-5,8H2,(H2,16,19). The number of halogens is 1. The Morgan fingerprint density at radius 1 is 1.37 bits per heavy atom. The summed E-state index contributed by atoms with van der Waals surface area (Å²) in [6, 6.07) is 5.63. The average Bonchev–Trinajstić information content (AvgIpc) is 2.40. The fourth-order valence-corrected chi connectivity index (χ4v) is 2.71. The minimum absolute atomic E-state index is 0.0427. The normalized spacial score (nSPS) is 23.2. The van der Waals surface area contributed by atoms with E-state index in [1.807, 2.05) is 6.07 Å². The number of phenols is 1. The van der Waals surface area contributed by atoms with Gasteiger partial charge < -0.3 is 16.2 Å². The third-order valence-corrected chi connectivity index (χ3v) is 4.04. The van der Waals surface area contributed by atoms with Gasteiger partial charge in [0.1, 0.15) is 5.75 Å². The fraction of sp³-hybridized carbons (Fsp3) is 0.500. The molecular formula is C14H19ClN2O2. The van der Waals surface area contributed by atoms with E-state index in [1.165, 1.54) is 0 Å². The number of primary amides is 1. The molecule has 1 saturated carbocycles. The summed E-state index contributed by atoms with van der Waals surface area (Å²) >= 11 is 5.86. The summed E-state index contributed by atoms with van der Waals surface area (Å²) in [6.45, 7) is 0.714. The summed E-state index contributed by atoms with van der Waals surface area (Å²) in [7, 11) is 0. The van der Waals surface area contributed by atoms with Crippen molar-refractivity contribution in [2.45, 2.75) is 38.3 Å². The molecule has 0 heterocycles. The van der Waals surface area contributed by atoms with Crippen molar-refractivity contribution in [3.05, 3.63) is 28.8 Å². The monoisotopic (exact) mass is 282 g/mol. The van der Waals surface area contributed by atoms with Crippen molar-refractivity contribution in [2.24, 2.45) is 11.7 Å². The highest BCUT2D eigenvalue weighted by molar-refractivity contribution is 6.32. The van der Waals surface area contributed by atoms with Gasteiger partial charge in [-0.15, -0.1) is 0 Å². The van der Waals surface area contributed by atoms with Crippen LogP contribution < -0.4 is 11.1 Å². The van der Waals surface area contributed by atoms with Crippen LogP contribution in [0.3, 0.4) is 0 Å². The molecule has 0 aliphatic heterocycles. The largest absolute Gasteiger partial charge is 0.506 e. The van der Waals surface area contributed by atoms with E-state index in [9.17, 15) is 9.90 Å². The smallest absolute Gasteiger partial charge is 0.220 e. The number of carbonyl (C=O) groups excluding carboxylic acids is 1. The van der Waals surface area contributed by atoms with Crippen LogP contribution in [0.25, 0.3) is 0 Å². The minimum Gasteiger partial charge on any atom is -0.506 e. The first-order valence-electron chi connectivity index (χ1n) is 6.56. The molecule has 1 aromatic carbocycles. The third-order valence-electron chi connectivity index (χ3n) is 3.74. The number of amides is 1. The van der Waals surface area contributed by atoms with Crippen LogP contribution in [0, 0.1) is 5.92 Å². The Balaban J connectivity index is 1.80. The summed E-state index contributed by atoms with van der Waals surface area (Å²) in [6.07, 6.45) is 3.67. The van der Waals surface area contributed by atoms with Gasteiger partial charge in [-0.3, -0.25) is 4.79 Å². The van der Waals surface area contributed by atoms with Crippen LogP contribution in [0.4, 0.5) is 0 Å². The highest BCUT2D eigenvalue weighted by atomic mass is 35.5. The molecule has 0 bridgehead atoms. The molecule has 0 atom stereocenters. The van der Waals surface area contributed by atoms with E-state index in [0.717, 1.165) is 31.2 Å². The van der Waals surface area contributed by atoms with Crippen LogP contribution in [-0.4, -0.2) is 17.1 Å². The number of aromatic hydroxyl groups is 1. The van der Waals surface area contributed by atoms with Crippen LogP contribution >= 0.6 is 11.6 Å². The van der Waals surface area contributed by atoms with Crippen LogP contribution in [0.5, 0.6) is 5.75 Å². The fourth-order valence-electron chi connectivity index (χ4n) is 2.50. The van der Waals surface area contributed by atoms with Gasteiger partial charge in [-0.05, 0) is 43.4 Å². The van der Waals surface area contributed by atoms with Gasteiger partial charge in [0.15, 0.2) is 0 Å². The lowest BCUT2D eigenvalue weighted by Crippen LogP contribution is -2.36. The number of rotatable bonds is 4. The highest BCUT2D eigenvalue weighted by Gasteiger charge is 2.24. The van der Waals surface area contributed by atoms with Gasteiger partial charge in [0.2, 0.25) is 5.91 Å². The van der Waals surface area contributed by atoms with E-state index in [0.29, 0.717) is 17.6 Å². The second kappa shape index (κ2) is 6.26. The zero-order valence-corrected chi connectivity index (χ0v) is 11.5. The molecule has 0 unspecified atom stereocenters. The first-order chi connectivity index (χ1) is 9.06. The second-order valence-electron chi connectivity index (χ2n) is 5.12. The van der Waals surface area contributed by atoms with E-state index in [2.05, 4.69) is 5.32 Å². The van der Waals surface area contributed by atoms with Gasteiger partial charge in [-0.25, -0.2) is 0 Å². The van der Waals surface area contributed by atoms with Crippen molar-refractivity contribution in [1.82, 2.24) is 5.32 Å². The lowest BCUT2D eigenvalue weighted by Gasteiger charge is -2.27. The Kier molecular flexibility index (Phi) is 4.66. The number of hydrogen-bond donors (Lipinski definition) is 3. The molecule has 5 heteroatoms. The van der Waals surface area contributed by atoms with Crippen LogP contribution in [0.2, 0.25) is 5.02 Å². The van der Waals surface area contributed by atoms with E-state index in [1.54, 1.807) is 12.1 Å². The Bertz CT molecular complexity index is 457. The summed E-state index contributed by atoms with van der Waals surface area (Å²) < 4.78 is 0. The van der Waals surface area contributed by atoms with Crippen molar-refractivity contribution in [3.8, 4) is 5.75 Å². The summed E-state index contributed by atoms with van der Waals surface area (Å²) in [5, 5.41) is 13.2. The molecule has 1 amide bonds. The topological polar surface area (TPSA) is 75.4 Å². The molecule has 0 radical (unpaired) electrons. The summed E-state index contributed by atoms with van der Waals surface area (Å²) in [4.78, 5) is 11.1. The van der Waals surface area contributed by atoms with Gasteiger partial charge in [-0.2, -0.15) is 0 Å². The third kappa shape index (κ3) is 3.85. The van der Waals surface area contributed by atoms with Gasteiger partial charge in [-0.1, -0.05) is 17.7 Å². The average molecular weight is 283 g/mol. The Labute approximate surface area is 117 Å². The van der Waals surface area contributed by atoms with Gasteiger partial charge in [0.05, 0.1) is 5.02 Å². The van der Waals surface area contributed by atoms with Crippen molar-refractivity contribution in [3.63, 3.8) is 0 Å². The minimum atomic E-state index is -0.177. The molecule has 0 aromatic heterocycles. The maximum atomic E-state index is 11.1. The predicted molar refractivity (Wildman–Crippen MR) is 74.9 cm³/mol. The summed E-state index contributed by atoms with van der Waals surface area (Å²) in [5.41, 5.74) is 6.35. The molecule has 1 aromatic rings. The van der Waals surface area contributed by atoms with Crippen LogP contribution in [-0.2, 0) is 11.3 Å². The Morgan fingerprint density at radius 3 is 2.63 bits per heavy atom. The number of nitrogens with one attached hydrogen (secondary N) is 1. The quantitative estimate of drug-likeness (QED) is 0.792. The second-order valence-corrected chi connectivity index (χ2v) is 5.52. The summed E-state index contributed by atoms with van der Waals surface area (Å²) in [5.74, 6) is -0.0303. The van der Waals surface area contributed by atoms with Gasteiger partial charge in [0, 0.05) is 18.5 Å².